The Kier molecular flexibility index (Phi) is 6.90. The van der Waals surface area contributed by atoms with Crippen molar-refractivity contribution in [1.29, 1.82) is 0 Å². The maximum absolute atomic E-state index is 13.6. The molecule has 2 bridgehead atoms. The minimum atomic E-state index is -4.50. The summed E-state index contributed by atoms with van der Waals surface area (Å²) in [4.78, 5) is 34.5. The first kappa shape index (κ1) is 27.1. The summed E-state index contributed by atoms with van der Waals surface area (Å²) < 4.78 is 56.9. The lowest BCUT2D eigenvalue weighted by molar-refractivity contribution is -0.141. The zero-order chi connectivity index (χ0) is 28.8. The SMILES string of the molecule is CC1(C)OC[C@@H](COc2cnc(NC(=O)N3c4nc(-c5cccc(C(F)(F)F)c5)ncc4N4CCCC3C4)nc2)O1. The second kappa shape index (κ2) is 10.4. The number of aromatic nitrogens is 4. The number of nitrogens with zero attached hydrogens (tertiary/aromatic N) is 6. The molecule has 14 heteroatoms. The normalized spacial score (nSPS) is 21.4. The van der Waals surface area contributed by atoms with Gasteiger partial charge >= 0.3 is 12.2 Å². The van der Waals surface area contributed by atoms with Crippen LogP contribution in [0.1, 0.15) is 32.3 Å². The molecule has 3 aliphatic heterocycles. The zero-order valence-electron chi connectivity index (χ0n) is 22.4. The van der Waals surface area contributed by atoms with Gasteiger partial charge in [0.2, 0.25) is 5.95 Å². The number of carbonyl (C=O) groups is 1. The fourth-order valence-corrected chi connectivity index (χ4v) is 5.21. The molecule has 1 N–H and O–H groups in total. The molecule has 0 aliphatic carbocycles. The van der Waals surface area contributed by atoms with Gasteiger partial charge in [-0.25, -0.2) is 24.7 Å². The maximum Gasteiger partial charge on any atom is 0.416 e. The van der Waals surface area contributed by atoms with Gasteiger partial charge in [0.15, 0.2) is 23.2 Å². The number of urea groups is 1. The second-order valence-corrected chi connectivity index (χ2v) is 10.5. The lowest BCUT2D eigenvalue weighted by Crippen LogP contribution is -2.56. The summed E-state index contributed by atoms with van der Waals surface area (Å²) in [6, 6.07) is 4.12. The summed E-state index contributed by atoms with van der Waals surface area (Å²) in [5, 5.41) is 2.72. The Bertz CT molecular complexity index is 1440. The maximum atomic E-state index is 13.6. The van der Waals surface area contributed by atoms with Crippen LogP contribution in [0, 0.1) is 0 Å². The van der Waals surface area contributed by atoms with Gasteiger partial charge in [0.25, 0.3) is 0 Å². The number of alkyl halides is 3. The minimum absolute atomic E-state index is 0.0656. The van der Waals surface area contributed by atoms with E-state index < -0.39 is 23.6 Å². The van der Waals surface area contributed by atoms with Crippen molar-refractivity contribution < 1.29 is 32.2 Å². The zero-order valence-corrected chi connectivity index (χ0v) is 22.4. The summed E-state index contributed by atoms with van der Waals surface area (Å²) in [6.07, 6.45) is 1.33. The smallest absolute Gasteiger partial charge is 0.416 e. The molecule has 1 unspecified atom stereocenters. The molecule has 2 amide bonds. The number of benzene rings is 1. The van der Waals surface area contributed by atoms with E-state index >= 15 is 0 Å². The number of rotatable bonds is 5. The molecule has 0 saturated carbocycles. The Morgan fingerprint density at radius 1 is 1.20 bits per heavy atom. The van der Waals surface area contributed by atoms with Crippen LogP contribution in [0.2, 0.25) is 0 Å². The third-order valence-corrected chi connectivity index (χ3v) is 7.10. The van der Waals surface area contributed by atoms with Crippen molar-refractivity contribution in [1.82, 2.24) is 19.9 Å². The molecular weight excluding hydrogens is 543 g/mol. The van der Waals surface area contributed by atoms with Gasteiger partial charge < -0.3 is 19.1 Å². The van der Waals surface area contributed by atoms with Crippen LogP contribution >= 0.6 is 0 Å². The Hall–Kier alpha value is -4.04. The lowest BCUT2D eigenvalue weighted by Gasteiger charge is -2.45. The van der Waals surface area contributed by atoms with Gasteiger partial charge in [-0.05, 0) is 38.8 Å². The first-order valence-corrected chi connectivity index (χ1v) is 13.2. The number of ether oxygens (including phenoxy) is 3. The predicted molar refractivity (Wildman–Crippen MR) is 142 cm³/mol. The molecule has 3 aromatic rings. The van der Waals surface area contributed by atoms with Crippen molar-refractivity contribution in [2.24, 2.45) is 0 Å². The molecule has 0 radical (unpaired) electrons. The van der Waals surface area contributed by atoms with Crippen LogP contribution in [0.5, 0.6) is 5.75 Å². The van der Waals surface area contributed by atoms with Gasteiger partial charge in [-0.3, -0.25) is 10.2 Å². The van der Waals surface area contributed by atoms with Crippen molar-refractivity contribution in [2.75, 3.05) is 41.4 Å². The van der Waals surface area contributed by atoms with Crippen molar-refractivity contribution in [3.05, 3.63) is 48.4 Å². The van der Waals surface area contributed by atoms with E-state index in [2.05, 4.69) is 30.2 Å². The van der Waals surface area contributed by atoms with E-state index in [1.54, 1.807) is 6.20 Å². The number of piperidine rings is 1. The van der Waals surface area contributed by atoms with Gasteiger partial charge in [0.05, 0.1) is 42.5 Å². The highest BCUT2D eigenvalue weighted by Gasteiger charge is 2.39. The number of nitrogens with one attached hydrogen (secondary N) is 1. The van der Waals surface area contributed by atoms with Crippen molar-refractivity contribution in [3.8, 4) is 17.1 Å². The second-order valence-electron chi connectivity index (χ2n) is 10.5. The molecule has 2 aromatic heterocycles. The van der Waals surface area contributed by atoms with Gasteiger partial charge in [0.1, 0.15) is 12.7 Å². The van der Waals surface area contributed by atoms with Crippen LogP contribution in [0.25, 0.3) is 11.4 Å². The molecule has 0 spiro atoms. The lowest BCUT2D eigenvalue weighted by atomic mass is 10.0. The van der Waals surface area contributed by atoms with Gasteiger partial charge in [-0.15, -0.1) is 0 Å². The largest absolute Gasteiger partial charge is 0.488 e. The number of halogens is 3. The van der Waals surface area contributed by atoms with E-state index in [9.17, 15) is 18.0 Å². The molecule has 2 fully saturated rings. The third kappa shape index (κ3) is 5.75. The average Bonchev–Trinajstić information content (AvgIpc) is 3.30. The summed E-state index contributed by atoms with van der Waals surface area (Å²) >= 11 is 0. The molecule has 5 heterocycles. The van der Waals surface area contributed by atoms with E-state index in [1.165, 1.54) is 29.4 Å². The highest BCUT2D eigenvalue weighted by atomic mass is 19.4. The first-order valence-electron chi connectivity index (χ1n) is 13.2. The minimum Gasteiger partial charge on any atom is -0.488 e. The van der Waals surface area contributed by atoms with Crippen molar-refractivity contribution in [3.63, 3.8) is 0 Å². The number of amides is 2. The number of carbonyl (C=O) groups excluding carboxylic acids is 1. The van der Waals surface area contributed by atoms with Crippen LogP contribution in [0.15, 0.2) is 42.9 Å². The highest BCUT2D eigenvalue weighted by molar-refractivity contribution is 6.03. The monoisotopic (exact) mass is 571 g/mol. The standard InChI is InChI=1S/C27H28F3N7O4/c1-26(2)40-15-20(41-26)14-39-19-10-32-24(33-11-19)35-25(38)37-18-7-4-8-36(13-18)21-12-31-22(34-23(21)37)16-5-3-6-17(9-16)27(28,29)30/h3,5-6,9-12,18,20H,4,7-8,13-15H2,1-2H3,(H,32,33,35,38)/t18?,20-/m1/s1. The van der Waals surface area contributed by atoms with Gasteiger partial charge in [-0.1, -0.05) is 12.1 Å². The Labute approximate surface area is 233 Å². The van der Waals surface area contributed by atoms with E-state index in [0.29, 0.717) is 30.4 Å². The highest BCUT2D eigenvalue weighted by Crippen LogP contribution is 2.39. The van der Waals surface area contributed by atoms with Crippen LogP contribution < -0.4 is 19.9 Å². The van der Waals surface area contributed by atoms with Crippen molar-refractivity contribution >= 4 is 23.5 Å². The quantitative estimate of drug-likeness (QED) is 0.473. The topological polar surface area (TPSA) is 115 Å². The number of hydrogen-bond acceptors (Lipinski definition) is 9. The molecule has 2 saturated heterocycles. The Morgan fingerprint density at radius 3 is 2.73 bits per heavy atom. The fraction of sp³-hybridized carbons (Fsp3) is 0.444. The van der Waals surface area contributed by atoms with Crippen LogP contribution in [-0.2, 0) is 15.7 Å². The van der Waals surface area contributed by atoms with Gasteiger partial charge in [0, 0.05) is 18.7 Å². The van der Waals surface area contributed by atoms with Crippen LogP contribution in [0.4, 0.5) is 35.4 Å². The molecule has 41 heavy (non-hydrogen) atoms. The van der Waals surface area contributed by atoms with Crippen LogP contribution in [0.3, 0.4) is 0 Å². The summed E-state index contributed by atoms with van der Waals surface area (Å²) in [7, 11) is 0. The Morgan fingerprint density at radius 2 is 2.00 bits per heavy atom. The number of hydrogen-bond donors (Lipinski definition) is 1. The van der Waals surface area contributed by atoms with Crippen molar-refractivity contribution in [2.45, 2.75) is 50.8 Å². The Balaban J connectivity index is 1.21. The third-order valence-electron chi connectivity index (χ3n) is 7.10. The summed E-state index contributed by atoms with van der Waals surface area (Å²) in [5.74, 6) is 0.228. The molecule has 216 valence electrons. The van der Waals surface area contributed by atoms with E-state index in [0.717, 1.165) is 31.5 Å². The number of fused-ring (bicyclic) bond motifs is 4. The van der Waals surface area contributed by atoms with E-state index in [1.807, 2.05) is 13.8 Å². The molecule has 6 rings (SSSR count). The number of anilines is 3. The molecule has 11 nitrogen and oxygen atoms in total. The first-order chi connectivity index (χ1) is 19.6. The van der Waals surface area contributed by atoms with Crippen LogP contribution in [-0.4, -0.2) is 70.2 Å². The molecular formula is C27H28F3N7O4. The fourth-order valence-electron chi connectivity index (χ4n) is 5.21. The van der Waals surface area contributed by atoms with E-state index in [4.69, 9.17) is 14.2 Å². The van der Waals surface area contributed by atoms with Gasteiger partial charge in [-0.2, -0.15) is 13.2 Å². The summed E-state index contributed by atoms with van der Waals surface area (Å²) in [6.45, 7) is 5.69. The average molecular weight is 572 g/mol. The van der Waals surface area contributed by atoms with E-state index in [-0.39, 0.29) is 36.1 Å². The molecule has 2 atom stereocenters. The predicted octanol–water partition coefficient (Wildman–Crippen LogP) is 4.50. The molecule has 3 aliphatic rings. The summed E-state index contributed by atoms with van der Waals surface area (Å²) in [5.41, 5.74) is 0.0348. The molecule has 1 aromatic carbocycles.